The van der Waals surface area contributed by atoms with Crippen LogP contribution in [0.4, 0.5) is 0 Å². The summed E-state index contributed by atoms with van der Waals surface area (Å²) in [6, 6.07) is 6.17. The first kappa shape index (κ1) is 21.2. The summed E-state index contributed by atoms with van der Waals surface area (Å²) in [4.78, 5) is 25.0. The van der Waals surface area contributed by atoms with E-state index in [1.54, 1.807) is 29.1 Å². The molecule has 1 fully saturated rings. The summed E-state index contributed by atoms with van der Waals surface area (Å²) in [5.74, 6) is -0.348. The molecule has 0 bridgehead atoms. The number of ether oxygens (including phenoxy) is 1. The average molecular weight is 446 g/mol. The number of aromatic amines is 1. The van der Waals surface area contributed by atoms with Crippen LogP contribution in [0.15, 0.2) is 46.3 Å². The predicted molar refractivity (Wildman–Crippen MR) is 112 cm³/mol. The Kier molecular flexibility index (Phi) is 5.90. The summed E-state index contributed by atoms with van der Waals surface area (Å²) in [6.07, 6.45) is 5.85. The second-order valence-corrected chi connectivity index (χ2v) is 9.07. The van der Waals surface area contributed by atoms with Gasteiger partial charge in [0.1, 0.15) is 5.69 Å². The quantitative estimate of drug-likeness (QED) is 0.481. The van der Waals surface area contributed by atoms with Gasteiger partial charge in [0.15, 0.2) is 0 Å². The monoisotopic (exact) mass is 445 g/mol. The van der Waals surface area contributed by atoms with E-state index in [1.807, 2.05) is 0 Å². The van der Waals surface area contributed by atoms with Crippen LogP contribution in [0.2, 0.25) is 0 Å². The fourth-order valence-corrected chi connectivity index (χ4v) is 4.16. The number of pyridine rings is 1. The van der Waals surface area contributed by atoms with E-state index >= 15 is 0 Å². The summed E-state index contributed by atoms with van der Waals surface area (Å²) in [7, 11) is -3.74. The van der Waals surface area contributed by atoms with Gasteiger partial charge in [0.25, 0.3) is 11.5 Å². The lowest BCUT2D eigenvalue weighted by molar-refractivity contribution is 0.0937. The number of sulfonamides is 1. The first-order chi connectivity index (χ1) is 14.8. The van der Waals surface area contributed by atoms with Crippen LogP contribution < -0.4 is 16.0 Å². The molecule has 11 heteroatoms. The lowest BCUT2D eigenvalue weighted by Crippen LogP contribution is -2.28. The minimum atomic E-state index is -3.74. The fourth-order valence-electron chi connectivity index (χ4n) is 3.65. The van der Waals surface area contributed by atoms with Gasteiger partial charge in [0.05, 0.1) is 22.1 Å². The fraction of sp³-hybridized carbons (Fsp3) is 0.350. The molecule has 4 N–H and O–H groups in total. The van der Waals surface area contributed by atoms with Crippen molar-refractivity contribution in [2.75, 3.05) is 13.2 Å². The lowest BCUT2D eigenvalue weighted by atomic mass is 10.1. The van der Waals surface area contributed by atoms with Gasteiger partial charge in [0, 0.05) is 32.1 Å². The van der Waals surface area contributed by atoms with Crippen LogP contribution in [0.5, 0.6) is 0 Å². The van der Waals surface area contributed by atoms with Gasteiger partial charge in [-0.05, 0) is 37.0 Å². The molecule has 3 aliphatic rings. The minimum absolute atomic E-state index is 0.0368. The standard InChI is InChI=1S/C20H23N5O5S/c21-31(28,29)15-5-3-13(4-6-15)7-8-22-19(26)16-11-25(10-14-2-1-9-30-14)12-17-18(16)23-24-20(17)27/h3-6,11-12,14H,1-2,7-10H2,(H,22,26)(H,24,27)(H2,21,28,29). The molecule has 1 atom stereocenters. The van der Waals surface area contributed by atoms with Gasteiger partial charge in [0.2, 0.25) is 10.0 Å². The van der Waals surface area contributed by atoms with Crippen molar-refractivity contribution in [1.82, 2.24) is 20.1 Å². The number of amides is 1. The zero-order valence-corrected chi connectivity index (χ0v) is 17.5. The van der Waals surface area contributed by atoms with Crippen LogP contribution in [0.1, 0.15) is 28.8 Å². The van der Waals surface area contributed by atoms with E-state index in [0.29, 0.717) is 36.3 Å². The van der Waals surface area contributed by atoms with E-state index in [9.17, 15) is 18.0 Å². The second-order valence-electron chi connectivity index (χ2n) is 7.51. The molecule has 1 saturated heterocycles. The Morgan fingerprint density at radius 1 is 1.29 bits per heavy atom. The molecule has 0 saturated carbocycles. The SMILES string of the molecule is NS(=O)(=O)c1ccc(CCNC(=O)c2cn(CC3CCCO3)cc3c(=O)[nH]nc2-3)cc1. The Hall–Kier alpha value is -3.02. The van der Waals surface area contributed by atoms with Gasteiger partial charge in [-0.3, -0.25) is 9.59 Å². The molecule has 0 aliphatic carbocycles. The van der Waals surface area contributed by atoms with Crippen LogP contribution in [0.3, 0.4) is 0 Å². The zero-order chi connectivity index (χ0) is 22.0. The molecule has 1 aromatic rings. The zero-order valence-electron chi connectivity index (χ0n) is 16.7. The Balaban J connectivity index is 1.46. The van der Waals surface area contributed by atoms with E-state index in [2.05, 4.69) is 15.5 Å². The molecule has 3 heterocycles. The van der Waals surface area contributed by atoms with Crippen molar-refractivity contribution in [2.45, 2.75) is 36.8 Å². The third kappa shape index (κ3) is 4.84. The molecule has 0 spiro atoms. The summed E-state index contributed by atoms with van der Waals surface area (Å²) < 4.78 is 30.1. The predicted octanol–water partition coefficient (Wildman–Crippen LogP) is 0.475. The maximum Gasteiger partial charge on any atom is 0.275 e. The smallest absolute Gasteiger partial charge is 0.275 e. The number of hydrogen-bond acceptors (Lipinski definition) is 6. The Morgan fingerprint density at radius 3 is 2.74 bits per heavy atom. The molecular formula is C20H23N5O5S. The van der Waals surface area contributed by atoms with E-state index in [-0.39, 0.29) is 22.5 Å². The Bertz CT molecular complexity index is 1210. The second kappa shape index (κ2) is 8.61. The number of nitrogens with two attached hydrogens (primary N) is 1. The number of nitrogens with one attached hydrogen (secondary N) is 2. The van der Waals surface area contributed by atoms with E-state index in [1.165, 1.54) is 12.1 Å². The highest BCUT2D eigenvalue weighted by Gasteiger charge is 2.23. The van der Waals surface area contributed by atoms with E-state index in [0.717, 1.165) is 25.0 Å². The number of primary sulfonamides is 1. The van der Waals surface area contributed by atoms with Crippen molar-refractivity contribution in [2.24, 2.45) is 5.14 Å². The lowest BCUT2D eigenvalue weighted by Gasteiger charge is -2.16. The molecule has 3 aliphatic heterocycles. The van der Waals surface area contributed by atoms with Gasteiger partial charge in [-0.1, -0.05) is 12.1 Å². The number of rotatable bonds is 7. The third-order valence-corrected chi connectivity index (χ3v) is 6.18. The first-order valence-corrected chi connectivity index (χ1v) is 11.5. The van der Waals surface area contributed by atoms with E-state index in [4.69, 9.17) is 9.88 Å². The summed E-state index contributed by atoms with van der Waals surface area (Å²) in [5.41, 5.74) is 1.48. The molecule has 0 aromatic heterocycles. The molecule has 1 aromatic carbocycles. The van der Waals surface area contributed by atoms with Crippen LogP contribution in [-0.4, -0.2) is 48.3 Å². The Morgan fingerprint density at radius 2 is 2.06 bits per heavy atom. The van der Waals surface area contributed by atoms with Crippen molar-refractivity contribution < 1.29 is 17.9 Å². The number of fused-ring (bicyclic) bond motifs is 1. The van der Waals surface area contributed by atoms with Gasteiger partial charge >= 0.3 is 0 Å². The maximum atomic E-state index is 12.8. The number of benzene rings is 1. The van der Waals surface area contributed by atoms with Crippen molar-refractivity contribution in [3.05, 3.63) is 58.1 Å². The van der Waals surface area contributed by atoms with E-state index < -0.39 is 10.0 Å². The normalized spacial score (nSPS) is 16.6. The average Bonchev–Trinajstić information content (AvgIpc) is 3.37. The van der Waals surface area contributed by atoms with Crippen molar-refractivity contribution in [3.63, 3.8) is 0 Å². The molecule has 0 radical (unpaired) electrons. The van der Waals surface area contributed by atoms with Crippen LogP contribution in [0, 0.1) is 0 Å². The summed E-state index contributed by atoms with van der Waals surface area (Å²) >= 11 is 0. The van der Waals surface area contributed by atoms with Gasteiger partial charge < -0.3 is 14.6 Å². The van der Waals surface area contributed by atoms with Crippen molar-refractivity contribution >= 4 is 15.9 Å². The number of carbonyl (C=O) groups excluding carboxylic acids is 1. The van der Waals surface area contributed by atoms with Crippen molar-refractivity contribution in [3.8, 4) is 11.3 Å². The molecular weight excluding hydrogens is 422 g/mol. The van der Waals surface area contributed by atoms with Gasteiger partial charge in [-0.25, -0.2) is 18.7 Å². The number of H-pyrrole nitrogens is 1. The molecule has 164 valence electrons. The molecule has 1 unspecified atom stereocenters. The largest absolute Gasteiger partial charge is 0.376 e. The maximum absolute atomic E-state index is 12.8. The highest BCUT2D eigenvalue weighted by atomic mass is 32.2. The number of aromatic nitrogens is 3. The van der Waals surface area contributed by atoms with Gasteiger partial charge in [-0.2, -0.15) is 5.10 Å². The molecule has 10 nitrogen and oxygen atoms in total. The molecule has 1 amide bonds. The molecule has 4 rings (SSSR count). The first-order valence-electron chi connectivity index (χ1n) is 9.91. The van der Waals surface area contributed by atoms with Crippen LogP contribution in [-0.2, 0) is 27.7 Å². The minimum Gasteiger partial charge on any atom is -0.376 e. The number of nitrogens with zero attached hydrogens (tertiary/aromatic N) is 2. The number of hydrogen-bond donors (Lipinski definition) is 3. The highest BCUT2D eigenvalue weighted by Crippen LogP contribution is 2.22. The summed E-state index contributed by atoms with van der Waals surface area (Å²) in [6.45, 7) is 1.60. The summed E-state index contributed by atoms with van der Waals surface area (Å²) in [5, 5.41) is 14.3. The van der Waals surface area contributed by atoms with Crippen molar-refractivity contribution in [1.29, 1.82) is 0 Å². The Labute approximate surface area is 178 Å². The topological polar surface area (TPSA) is 149 Å². The van der Waals surface area contributed by atoms with Crippen LogP contribution in [0.25, 0.3) is 11.3 Å². The van der Waals surface area contributed by atoms with Crippen LogP contribution >= 0.6 is 0 Å². The highest BCUT2D eigenvalue weighted by molar-refractivity contribution is 7.89. The third-order valence-electron chi connectivity index (χ3n) is 5.25. The molecule has 31 heavy (non-hydrogen) atoms. The number of carbonyl (C=O) groups is 1. The van der Waals surface area contributed by atoms with Gasteiger partial charge in [-0.15, -0.1) is 0 Å².